The molecule has 2 heterocycles. The SMILES string of the molecule is CCCCCCC(C(C)NS(=O)Oc1ccccc1)n1cnc2c(=O)[nH]c(-c3ccccc3OCCC)nc21. The Bertz CT molecular complexity index is 1420. The minimum Gasteiger partial charge on any atom is -0.493 e. The maximum atomic E-state index is 13.1. The van der Waals surface area contributed by atoms with Gasteiger partial charge in [0.25, 0.3) is 16.8 Å². The molecule has 10 heteroatoms. The molecule has 2 aromatic heterocycles. The lowest BCUT2D eigenvalue weighted by molar-refractivity contribution is 0.318. The number of para-hydroxylation sites is 2. The van der Waals surface area contributed by atoms with Crippen LogP contribution in [0.3, 0.4) is 0 Å². The second-order valence-electron chi connectivity index (χ2n) is 9.54. The summed E-state index contributed by atoms with van der Waals surface area (Å²) in [5, 5.41) is 0. The Morgan fingerprint density at radius 2 is 1.79 bits per heavy atom. The highest BCUT2D eigenvalue weighted by molar-refractivity contribution is 7.78. The van der Waals surface area contributed by atoms with Crippen LogP contribution >= 0.6 is 0 Å². The number of nitrogens with one attached hydrogen (secondary N) is 2. The molecule has 3 atom stereocenters. The normalized spacial score (nSPS) is 13.7. The fourth-order valence-corrected chi connectivity index (χ4v) is 5.32. The second kappa shape index (κ2) is 14.0. The molecule has 0 fully saturated rings. The molecule has 0 saturated heterocycles. The molecule has 39 heavy (non-hydrogen) atoms. The zero-order chi connectivity index (χ0) is 27.6. The van der Waals surface area contributed by atoms with Gasteiger partial charge in [-0.1, -0.05) is 69.9 Å². The molecule has 3 unspecified atom stereocenters. The van der Waals surface area contributed by atoms with E-state index in [4.69, 9.17) is 13.9 Å². The van der Waals surface area contributed by atoms with Crippen molar-refractivity contribution in [1.82, 2.24) is 24.2 Å². The first-order valence-corrected chi connectivity index (χ1v) is 14.7. The number of hydrogen-bond donors (Lipinski definition) is 2. The average molecular weight is 552 g/mol. The third kappa shape index (κ3) is 7.33. The van der Waals surface area contributed by atoms with E-state index in [1.165, 1.54) is 0 Å². The van der Waals surface area contributed by atoms with Gasteiger partial charge in [0, 0.05) is 6.04 Å². The lowest BCUT2D eigenvalue weighted by Gasteiger charge is -2.26. The van der Waals surface area contributed by atoms with Crippen molar-refractivity contribution in [2.24, 2.45) is 0 Å². The quantitative estimate of drug-likeness (QED) is 0.183. The second-order valence-corrected chi connectivity index (χ2v) is 10.4. The van der Waals surface area contributed by atoms with Gasteiger partial charge in [-0.05, 0) is 44.0 Å². The molecule has 0 aliphatic rings. The number of H-pyrrole nitrogens is 1. The summed E-state index contributed by atoms with van der Waals surface area (Å²) >= 11 is -1.76. The number of unbranched alkanes of at least 4 members (excludes halogenated alkanes) is 3. The number of aromatic amines is 1. The van der Waals surface area contributed by atoms with E-state index in [-0.39, 0.29) is 23.2 Å². The molecule has 2 aromatic carbocycles. The van der Waals surface area contributed by atoms with Crippen molar-refractivity contribution in [3.8, 4) is 22.9 Å². The Kier molecular flexibility index (Phi) is 10.3. The Labute approximate surface area is 231 Å². The zero-order valence-electron chi connectivity index (χ0n) is 22.8. The molecule has 0 spiro atoms. The third-order valence-electron chi connectivity index (χ3n) is 6.52. The van der Waals surface area contributed by atoms with Gasteiger partial charge >= 0.3 is 0 Å². The first-order valence-electron chi connectivity index (χ1n) is 13.6. The van der Waals surface area contributed by atoms with E-state index >= 15 is 0 Å². The summed E-state index contributed by atoms with van der Waals surface area (Å²) in [6.45, 7) is 6.74. The molecule has 2 N–H and O–H groups in total. The van der Waals surface area contributed by atoms with Crippen LogP contribution in [0.25, 0.3) is 22.6 Å². The highest BCUT2D eigenvalue weighted by Crippen LogP contribution is 2.29. The number of hydrogen-bond acceptors (Lipinski definition) is 6. The summed E-state index contributed by atoms with van der Waals surface area (Å²) < 4.78 is 29.3. The van der Waals surface area contributed by atoms with Crippen LogP contribution in [0.4, 0.5) is 0 Å². The van der Waals surface area contributed by atoms with Gasteiger partial charge in [-0.25, -0.2) is 9.97 Å². The number of benzene rings is 2. The van der Waals surface area contributed by atoms with Gasteiger partial charge in [0.05, 0.1) is 24.5 Å². The minimum atomic E-state index is -1.76. The molecule has 4 rings (SSSR count). The topological polar surface area (TPSA) is 111 Å². The monoisotopic (exact) mass is 551 g/mol. The van der Waals surface area contributed by atoms with Crippen molar-refractivity contribution in [1.29, 1.82) is 0 Å². The van der Waals surface area contributed by atoms with Crippen LogP contribution in [0.15, 0.2) is 65.7 Å². The minimum absolute atomic E-state index is 0.163. The van der Waals surface area contributed by atoms with E-state index in [1.54, 1.807) is 18.5 Å². The molecule has 0 saturated carbocycles. The van der Waals surface area contributed by atoms with E-state index in [1.807, 2.05) is 60.9 Å². The van der Waals surface area contributed by atoms with Crippen molar-refractivity contribution in [2.45, 2.75) is 71.4 Å². The smallest absolute Gasteiger partial charge is 0.288 e. The highest BCUT2D eigenvalue weighted by atomic mass is 32.2. The third-order valence-corrected chi connectivity index (χ3v) is 7.43. The molecule has 4 aromatic rings. The Balaban J connectivity index is 1.67. The van der Waals surface area contributed by atoms with Crippen LogP contribution in [0.5, 0.6) is 11.5 Å². The van der Waals surface area contributed by atoms with Crippen LogP contribution in [0, 0.1) is 0 Å². The fourth-order valence-electron chi connectivity index (χ4n) is 4.52. The van der Waals surface area contributed by atoms with Crippen molar-refractivity contribution < 1.29 is 13.1 Å². The van der Waals surface area contributed by atoms with Gasteiger partial charge in [-0.2, -0.15) is 8.93 Å². The van der Waals surface area contributed by atoms with Crippen LogP contribution in [0.2, 0.25) is 0 Å². The maximum absolute atomic E-state index is 13.1. The average Bonchev–Trinajstić information content (AvgIpc) is 3.36. The van der Waals surface area contributed by atoms with Crippen LogP contribution in [-0.4, -0.2) is 36.4 Å². The van der Waals surface area contributed by atoms with E-state index in [2.05, 4.69) is 21.6 Å². The summed E-state index contributed by atoms with van der Waals surface area (Å²) in [7, 11) is 0. The summed E-state index contributed by atoms with van der Waals surface area (Å²) in [5.74, 6) is 1.60. The van der Waals surface area contributed by atoms with Crippen molar-refractivity contribution in [2.75, 3.05) is 6.61 Å². The lowest BCUT2D eigenvalue weighted by Crippen LogP contribution is -2.38. The summed E-state index contributed by atoms with van der Waals surface area (Å²) in [6, 6.07) is 16.2. The number of nitrogens with zero attached hydrogens (tertiary/aromatic N) is 3. The molecule has 0 amide bonds. The number of fused-ring (bicyclic) bond motifs is 1. The summed E-state index contributed by atoms with van der Waals surface area (Å²) in [5.41, 5.74) is 1.13. The zero-order valence-corrected chi connectivity index (χ0v) is 23.6. The number of aromatic nitrogens is 4. The number of ether oxygens (including phenoxy) is 1. The predicted octanol–water partition coefficient (Wildman–Crippen LogP) is 5.72. The Morgan fingerprint density at radius 3 is 2.56 bits per heavy atom. The lowest BCUT2D eigenvalue weighted by atomic mass is 10.0. The van der Waals surface area contributed by atoms with Crippen LogP contribution in [0.1, 0.15) is 65.3 Å². The van der Waals surface area contributed by atoms with Gasteiger partial charge in [0.15, 0.2) is 11.2 Å². The van der Waals surface area contributed by atoms with Crippen molar-refractivity contribution in [3.05, 3.63) is 71.3 Å². The van der Waals surface area contributed by atoms with E-state index in [0.717, 1.165) is 38.5 Å². The first-order chi connectivity index (χ1) is 19.0. The largest absolute Gasteiger partial charge is 0.493 e. The Morgan fingerprint density at radius 1 is 1.03 bits per heavy atom. The highest BCUT2D eigenvalue weighted by Gasteiger charge is 2.25. The van der Waals surface area contributed by atoms with E-state index in [9.17, 15) is 9.00 Å². The van der Waals surface area contributed by atoms with Crippen molar-refractivity contribution >= 4 is 22.4 Å². The molecule has 208 valence electrons. The molecular formula is C29H37N5O4S. The first kappa shape index (κ1) is 28.5. The van der Waals surface area contributed by atoms with Gasteiger partial charge in [-0.3, -0.25) is 4.79 Å². The van der Waals surface area contributed by atoms with Crippen molar-refractivity contribution in [3.63, 3.8) is 0 Å². The standard InChI is InChI=1S/C29H37N5O4S/c1-4-6-7-11-17-24(21(3)33-39(36)38-22-14-9-8-10-15-22)34-20-30-26-28(34)31-27(32-29(26)35)23-16-12-13-18-25(23)37-19-5-2/h8-10,12-16,18,20-21,24,33H,4-7,11,17,19H2,1-3H3,(H,31,32,35). The van der Waals surface area contributed by atoms with Crippen LogP contribution in [-0.2, 0) is 11.3 Å². The van der Waals surface area contributed by atoms with Crippen LogP contribution < -0.4 is 19.2 Å². The Hall–Kier alpha value is -3.50. The molecule has 0 radical (unpaired) electrons. The number of rotatable bonds is 15. The molecule has 0 aliphatic heterocycles. The fraction of sp³-hybridized carbons (Fsp3) is 0.414. The van der Waals surface area contributed by atoms with E-state index < -0.39 is 11.3 Å². The van der Waals surface area contributed by atoms with Gasteiger partial charge < -0.3 is 18.5 Å². The molecule has 9 nitrogen and oxygen atoms in total. The maximum Gasteiger partial charge on any atom is 0.288 e. The van der Waals surface area contributed by atoms with Gasteiger partial charge in [0.1, 0.15) is 17.3 Å². The van der Waals surface area contributed by atoms with Gasteiger partial charge in [-0.15, -0.1) is 0 Å². The molecular weight excluding hydrogens is 514 g/mol. The number of imidazole rings is 1. The summed E-state index contributed by atoms with van der Waals surface area (Å²) in [4.78, 5) is 25.2. The molecule has 0 bridgehead atoms. The summed E-state index contributed by atoms with van der Waals surface area (Å²) in [6.07, 6.45) is 7.63. The predicted molar refractivity (Wildman–Crippen MR) is 155 cm³/mol. The van der Waals surface area contributed by atoms with E-state index in [0.29, 0.717) is 35.1 Å². The molecule has 0 aliphatic carbocycles. The van der Waals surface area contributed by atoms with Gasteiger partial charge in [0.2, 0.25) is 0 Å².